The van der Waals surface area contributed by atoms with Gasteiger partial charge in [0.1, 0.15) is 18.4 Å². The zero-order valence-corrected chi connectivity index (χ0v) is 18.5. The largest absolute Gasteiger partial charge is 0.491 e. The Hall–Kier alpha value is -2.65. The molecule has 31 heavy (non-hydrogen) atoms. The Morgan fingerprint density at radius 1 is 1.42 bits per heavy atom. The molecule has 168 valence electrons. The van der Waals surface area contributed by atoms with Gasteiger partial charge in [-0.15, -0.1) is 0 Å². The van der Waals surface area contributed by atoms with Crippen LogP contribution >= 0.6 is 11.6 Å². The van der Waals surface area contributed by atoms with E-state index in [1.807, 2.05) is 26.0 Å². The summed E-state index contributed by atoms with van der Waals surface area (Å²) in [5.41, 5.74) is 1.03. The molecule has 0 radical (unpaired) electrons. The number of halogens is 1. The highest BCUT2D eigenvalue weighted by atomic mass is 35.5. The Morgan fingerprint density at radius 3 is 2.94 bits per heavy atom. The van der Waals surface area contributed by atoms with E-state index in [0.29, 0.717) is 17.3 Å². The summed E-state index contributed by atoms with van der Waals surface area (Å²) in [6, 6.07) is 5.06. The lowest BCUT2D eigenvalue weighted by Crippen LogP contribution is -2.52. The number of amides is 2. The van der Waals surface area contributed by atoms with E-state index in [0.717, 1.165) is 18.4 Å². The summed E-state index contributed by atoms with van der Waals surface area (Å²) in [4.78, 5) is 30.6. The maximum absolute atomic E-state index is 12.7. The van der Waals surface area contributed by atoms with Crippen molar-refractivity contribution in [1.82, 2.24) is 25.0 Å². The van der Waals surface area contributed by atoms with Gasteiger partial charge in [-0.1, -0.05) is 17.7 Å². The number of aliphatic hydroxyl groups is 1. The molecule has 2 N–H and O–H groups in total. The van der Waals surface area contributed by atoms with Crippen LogP contribution in [0.5, 0.6) is 5.75 Å². The molecule has 1 aromatic heterocycles. The fraction of sp³-hybridized carbons (Fsp3) is 0.524. The van der Waals surface area contributed by atoms with Crippen LogP contribution in [0.15, 0.2) is 30.9 Å². The molecular weight excluding hydrogens is 422 g/mol. The van der Waals surface area contributed by atoms with E-state index in [1.165, 1.54) is 17.3 Å². The Kier molecular flexibility index (Phi) is 7.86. The van der Waals surface area contributed by atoms with Crippen molar-refractivity contribution in [2.75, 3.05) is 13.2 Å². The maximum Gasteiger partial charge on any atom is 0.253 e. The van der Waals surface area contributed by atoms with Crippen LogP contribution in [0.1, 0.15) is 31.7 Å². The van der Waals surface area contributed by atoms with Gasteiger partial charge in [-0.25, -0.2) is 9.67 Å². The molecule has 1 saturated heterocycles. The van der Waals surface area contributed by atoms with Crippen molar-refractivity contribution in [3.8, 4) is 5.75 Å². The third-order valence-electron chi connectivity index (χ3n) is 5.33. The van der Waals surface area contributed by atoms with Gasteiger partial charge in [0.2, 0.25) is 5.91 Å². The molecule has 1 aliphatic heterocycles. The zero-order chi connectivity index (χ0) is 22.4. The van der Waals surface area contributed by atoms with Crippen LogP contribution in [0.4, 0.5) is 0 Å². The molecule has 3 rings (SSSR count). The van der Waals surface area contributed by atoms with Gasteiger partial charge in [-0.2, -0.15) is 5.10 Å². The normalized spacial score (nSPS) is 17.9. The minimum atomic E-state index is -1.21. The molecule has 1 aliphatic rings. The number of likely N-dealkylation sites (tertiary alicyclic amines) is 1. The summed E-state index contributed by atoms with van der Waals surface area (Å²) in [6.45, 7) is 4.60. The summed E-state index contributed by atoms with van der Waals surface area (Å²) in [5, 5.41) is 17.7. The topological polar surface area (TPSA) is 110 Å². The number of carbonyl (C=O) groups excluding carboxylic acids is 2. The van der Waals surface area contributed by atoms with E-state index in [4.69, 9.17) is 16.3 Å². The van der Waals surface area contributed by atoms with Gasteiger partial charge in [-0.05, 0) is 44.4 Å². The van der Waals surface area contributed by atoms with Crippen molar-refractivity contribution >= 4 is 23.4 Å². The Balaban J connectivity index is 1.47. The van der Waals surface area contributed by atoms with Crippen LogP contribution < -0.4 is 10.1 Å². The fourth-order valence-electron chi connectivity index (χ4n) is 3.76. The number of hydrogen-bond donors (Lipinski definition) is 2. The minimum absolute atomic E-state index is 0.0434. The molecule has 1 aromatic carbocycles. The first-order valence-corrected chi connectivity index (χ1v) is 10.7. The first kappa shape index (κ1) is 23.0. The standard InChI is InChI=1S/C21H28ClN5O4/c1-14-5-6-19(16(22)10-14)31-9-7-20(29)25-15(2)17-4-3-8-27(17)21(30)18(28)11-26-13-23-12-24-26/h5-6,10,12-13,15,17-18,28H,3-4,7-9,11H2,1-2H3,(H,25,29)/t15?,17-,18?/m0/s1. The van der Waals surface area contributed by atoms with Crippen molar-refractivity contribution in [2.24, 2.45) is 0 Å². The number of hydrogen-bond acceptors (Lipinski definition) is 6. The maximum atomic E-state index is 12.7. The van der Waals surface area contributed by atoms with Crippen molar-refractivity contribution in [2.45, 2.75) is 57.8 Å². The molecule has 10 heteroatoms. The van der Waals surface area contributed by atoms with Crippen LogP contribution in [0, 0.1) is 6.92 Å². The molecule has 2 aromatic rings. The van der Waals surface area contributed by atoms with Crippen molar-refractivity contribution in [3.63, 3.8) is 0 Å². The molecule has 0 bridgehead atoms. The summed E-state index contributed by atoms with van der Waals surface area (Å²) in [6.07, 6.45) is 3.35. The highest BCUT2D eigenvalue weighted by Crippen LogP contribution is 2.25. The first-order chi connectivity index (χ1) is 14.8. The molecule has 9 nitrogen and oxygen atoms in total. The number of benzene rings is 1. The number of nitrogens with one attached hydrogen (secondary N) is 1. The average Bonchev–Trinajstić information content (AvgIpc) is 3.41. The third-order valence-corrected chi connectivity index (χ3v) is 5.63. The van der Waals surface area contributed by atoms with Crippen LogP contribution in [0.25, 0.3) is 0 Å². The fourth-order valence-corrected chi connectivity index (χ4v) is 4.05. The number of aryl methyl sites for hydroxylation is 1. The Morgan fingerprint density at radius 2 is 2.23 bits per heavy atom. The SMILES string of the molecule is Cc1ccc(OCCC(=O)NC(C)[C@@H]2CCCN2C(=O)C(O)Cn2cncn2)c(Cl)c1. The molecular formula is C21H28ClN5O4. The van der Waals surface area contributed by atoms with Crippen LogP contribution in [-0.4, -0.2) is 67.9 Å². The molecule has 2 amide bonds. The van der Waals surface area contributed by atoms with Gasteiger partial charge in [0, 0.05) is 12.6 Å². The summed E-state index contributed by atoms with van der Waals surface area (Å²) < 4.78 is 7.02. The number of aromatic nitrogens is 3. The van der Waals surface area contributed by atoms with E-state index in [-0.39, 0.29) is 43.5 Å². The zero-order valence-electron chi connectivity index (χ0n) is 17.7. The predicted octanol–water partition coefficient (Wildman–Crippen LogP) is 1.57. The molecule has 0 saturated carbocycles. The van der Waals surface area contributed by atoms with E-state index in [1.54, 1.807) is 11.0 Å². The van der Waals surface area contributed by atoms with Crippen LogP contribution in [0.3, 0.4) is 0 Å². The van der Waals surface area contributed by atoms with Gasteiger partial charge in [0.05, 0.1) is 30.6 Å². The molecule has 0 aliphatic carbocycles. The Labute approximate surface area is 186 Å². The van der Waals surface area contributed by atoms with Gasteiger partial charge in [0.15, 0.2) is 6.10 Å². The quantitative estimate of drug-likeness (QED) is 0.601. The van der Waals surface area contributed by atoms with E-state index >= 15 is 0 Å². The van der Waals surface area contributed by atoms with E-state index in [9.17, 15) is 14.7 Å². The number of rotatable bonds is 9. The average molecular weight is 450 g/mol. The summed E-state index contributed by atoms with van der Waals surface area (Å²) >= 11 is 6.14. The molecule has 3 atom stereocenters. The van der Waals surface area contributed by atoms with Crippen molar-refractivity contribution < 1.29 is 19.4 Å². The third kappa shape index (κ3) is 6.18. The lowest BCUT2D eigenvalue weighted by molar-refractivity contribution is -0.142. The minimum Gasteiger partial charge on any atom is -0.491 e. The van der Waals surface area contributed by atoms with Gasteiger partial charge in [0.25, 0.3) is 5.91 Å². The van der Waals surface area contributed by atoms with Crippen LogP contribution in [-0.2, 0) is 16.1 Å². The van der Waals surface area contributed by atoms with Gasteiger partial charge in [-0.3, -0.25) is 9.59 Å². The smallest absolute Gasteiger partial charge is 0.253 e. The number of carbonyl (C=O) groups is 2. The second kappa shape index (κ2) is 10.6. The molecule has 1 fully saturated rings. The number of nitrogens with zero attached hydrogens (tertiary/aromatic N) is 4. The van der Waals surface area contributed by atoms with Gasteiger partial charge < -0.3 is 20.1 Å². The number of aliphatic hydroxyl groups excluding tert-OH is 1. The van der Waals surface area contributed by atoms with Crippen molar-refractivity contribution in [3.05, 3.63) is 41.4 Å². The lowest BCUT2D eigenvalue weighted by Gasteiger charge is -2.31. The Bertz CT molecular complexity index is 892. The summed E-state index contributed by atoms with van der Waals surface area (Å²) in [7, 11) is 0. The number of ether oxygens (including phenoxy) is 1. The highest BCUT2D eigenvalue weighted by molar-refractivity contribution is 6.32. The van der Waals surface area contributed by atoms with Crippen molar-refractivity contribution in [1.29, 1.82) is 0 Å². The monoisotopic (exact) mass is 449 g/mol. The van der Waals surface area contributed by atoms with Gasteiger partial charge >= 0.3 is 0 Å². The lowest BCUT2D eigenvalue weighted by atomic mass is 10.1. The summed E-state index contributed by atoms with van der Waals surface area (Å²) in [5.74, 6) is 0.0108. The van der Waals surface area contributed by atoms with E-state index < -0.39 is 6.10 Å². The second-order valence-corrected chi connectivity index (χ2v) is 8.17. The first-order valence-electron chi connectivity index (χ1n) is 10.3. The molecule has 2 unspecified atom stereocenters. The second-order valence-electron chi connectivity index (χ2n) is 7.76. The molecule has 2 heterocycles. The predicted molar refractivity (Wildman–Crippen MR) is 115 cm³/mol. The molecule has 0 spiro atoms. The highest BCUT2D eigenvalue weighted by Gasteiger charge is 2.36. The van der Waals surface area contributed by atoms with Crippen LogP contribution in [0.2, 0.25) is 5.02 Å². The van der Waals surface area contributed by atoms with E-state index in [2.05, 4.69) is 15.4 Å².